The number of nitriles is 2. The molecule has 0 radical (unpaired) electrons. The normalized spacial score (nSPS) is 7.58. The maximum atomic E-state index is 10.6. The Kier molecular flexibility index (Phi) is 5.04. The Labute approximate surface area is 70.7 Å². The van der Waals surface area contributed by atoms with Crippen molar-refractivity contribution in [3.05, 3.63) is 11.6 Å². The average Bonchev–Trinajstić information content (AvgIpc) is 2.12. The van der Waals surface area contributed by atoms with Crippen LogP contribution < -0.4 is 0 Å². The zero-order valence-corrected chi connectivity index (χ0v) is 6.70. The zero-order valence-electron chi connectivity index (χ0n) is 6.70. The molecule has 0 aromatic heterocycles. The van der Waals surface area contributed by atoms with Gasteiger partial charge in [0, 0.05) is 6.42 Å². The average molecular weight is 164 g/mol. The number of rotatable bonds is 3. The molecule has 0 amide bonds. The lowest BCUT2D eigenvalue weighted by molar-refractivity contribution is -0.141. The van der Waals surface area contributed by atoms with E-state index in [4.69, 9.17) is 10.5 Å². The number of esters is 1. The second kappa shape index (κ2) is 5.94. The molecule has 0 rings (SSSR count). The van der Waals surface area contributed by atoms with Crippen molar-refractivity contribution in [2.75, 3.05) is 6.61 Å². The van der Waals surface area contributed by atoms with Gasteiger partial charge in [-0.3, -0.25) is 4.79 Å². The van der Waals surface area contributed by atoms with Crippen molar-refractivity contribution in [2.45, 2.75) is 13.3 Å². The van der Waals surface area contributed by atoms with Crippen molar-refractivity contribution in [1.82, 2.24) is 0 Å². The number of carbonyl (C=O) groups is 1. The van der Waals surface area contributed by atoms with E-state index in [2.05, 4.69) is 4.74 Å². The molecule has 0 aliphatic rings. The first kappa shape index (κ1) is 10.2. The third-order valence-corrected chi connectivity index (χ3v) is 1.06. The molecule has 0 aliphatic heterocycles. The number of ether oxygens (including phenoxy) is 1. The Bertz CT molecular complexity index is 252. The summed E-state index contributed by atoms with van der Waals surface area (Å²) in [4.78, 5) is 10.6. The first-order chi connectivity index (χ1) is 5.74. The molecule has 0 saturated heterocycles. The second-order valence-electron chi connectivity index (χ2n) is 1.88. The minimum atomic E-state index is -0.346. The standard InChI is InChI=1S/C8H8N2O2/c1-2-8(11)12-4-3-7(5-9)6-10/h3H,2,4H2,1H3. The van der Waals surface area contributed by atoms with Crippen molar-refractivity contribution in [1.29, 1.82) is 10.5 Å². The molecule has 0 atom stereocenters. The molecule has 4 nitrogen and oxygen atoms in total. The van der Waals surface area contributed by atoms with E-state index in [1.54, 1.807) is 19.1 Å². The van der Waals surface area contributed by atoms with Crippen LogP contribution in [0.1, 0.15) is 13.3 Å². The SMILES string of the molecule is CCC(=O)OCC=C(C#N)C#N. The van der Waals surface area contributed by atoms with Crippen LogP contribution in [0.3, 0.4) is 0 Å². The summed E-state index contributed by atoms with van der Waals surface area (Å²) < 4.78 is 4.61. The summed E-state index contributed by atoms with van der Waals surface area (Å²) in [6.45, 7) is 1.66. The van der Waals surface area contributed by atoms with Crippen molar-refractivity contribution >= 4 is 5.97 Å². The molecular formula is C8H8N2O2. The van der Waals surface area contributed by atoms with E-state index >= 15 is 0 Å². The Hall–Kier alpha value is -1.81. The Balaban J connectivity index is 3.84. The molecule has 0 aromatic rings. The first-order valence-corrected chi connectivity index (χ1v) is 3.40. The number of hydrogen-bond donors (Lipinski definition) is 0. The second-order valence-corrected chi connectivity index (χ2v) is 1.88. The van der Waals surface area contributed by atoms with Gasteiger partial charge in [0.1, 0.15) is 24.3 Å². The van der Waals surface area contributed by atoms with Gasteiger partial charge in [-0.15, -0.1) is 0 Å². The summed E-state index contributed by atoms with van der Waals surface area (Å²) in [6.07, 6.45) is 1.57. The molecule has 0 unspecified atom stereocenters. The molecule has 0 N–H and O–H groups in total. The van der Waals surface area contributed by atoms with E-state index in [0.29, 0.717) is 6.42 Å². The summed E-state index contributed by atoms with van der Waals surface area (Å²) in [5.74, 6) is -0.346. The van der Waals surface area contributed by atoms with Crippen LogP contribution in [0.25, 0.3) is 0 Å². The third-order valence-electron chi connectivity index (χ3n) is 1.06. The van der Waals surface area contributed by atoms with Gasteiger partial charge in [0.25, 0.3) is 0 Å². The summed E-state index contributed by atoms with van der Waals surface area (Å²) >= 11 is 0. The van der Waals surface area contributed by atoms with E-state index in [1.807, 2.05) is 0 Å². The van der Waals surface area contributed by atoms with Crippen molar-refractivity contribution in [2.24, 2.45) is 0 Å². The van der Waals surface area contributed by atoms with Gasteiger partial charge >= 0.3 is 5.97 Å². The predicted octanol–water partition coefficient (Wildman–Crippen LogP) is 0.913. The molecule has 0 heterocycles. The van der Waals surface area contributed by atoms with E-state index in [-0.39, 0.29) is 18.1 Å². The van der Waals surface area contributed by atoms with Crippen LogP contribution in [-0.4, -0.2) is 12.6 Å². The van der Waals surface area contributed by atoms with Gasteiger partial charge in [0.2, 0.25) is 0 Å². The fourth-order valence-electron chi connectivity index (χ4n) is 0.436. The number of nitrogens with zero attached hydrogens (tertiary/aromatic N) is 2. The van der Waals surface area contributed by atoms with Gasteiger partial charge in [-0.05, 0) is 6.08 Å². The lowest BCUT2D eigenvalue weighted by atomic mass is 10.3. The van der Waals surface area contributed by atoms with Crippen molar-refractivity contribution in [3.63, 3.8) is 0 Å². The fraction of sp³-hybridized carbons (Fsp3) is 0.375. The highest BCUT2D eigenvalue weighted by Crippen LogP contribution is 1.90. The smallest absolute Gasteiger partial charge is 0.305 e. The molecule has 0 aliphatic carbocycles. The van der Waals surface area contributed by atoms with E-state index < -0.39 is 0 Å². The quantitative estimate of drug-likeness (QED) is 0.459. The molecule has 0 fully saturated rings. The van der Waals surface area contributed by atoms with Crippen LogP contribution in [-0.2, 0) is 9.53 Å². The molecular weight excluding hydrogens is 156 g/mol. The topological polar surface area (TPSA) is 73.9 Å². The minimum absolute atomic E-state index is 0.0108. The monoisotopic (exact) mass is 164 g/mol. The van der Waals surface area contributed by atoms with Crippen molar-refractivity contribution < 1.29 is 9.53 Å². The molecule has 62 valence electrons. The van der Waals surface area contributed by atoms with Crippen LogP contribution in [0.5, 0.6) is 0 Å². The Morgan fingerprint density at radius 2 is 2.08 bits per heavy atom. The molecule has 12 heavy (non-hydrogen) atoms. The summed E-state index contributed by atoms with van der Waals surface area (Å²) in [7, 11) is 0. The van der Waals surface area contributed by atoms with Gasteiger partial charge in [-0.2, -0.15) is 10.5 Å². The maximum absolute atomic E-state index is 10.6. The van der Waals surface area contributed by atoms with Gasteiger partial charge < -0.3 is 4.74 Å². The molecule has 0 bridgehead atoms. The number of allylic oxidation sites excluding steroid dienone is 1. The van der Waals surface area contributed by atoms with Crippen LogP contribution in [0, 0.1) is 22.7 Å². The van der Waals surface area contributed by atoms with Crippen LogP contribution in [0.15, 0.2) is 11.6 Å². The van der Waals surface area contributed by atoms with Gasteiger partial charge in [0.15, 0.2) is 0 Å². The zero-order chi connectivity index (χ0) is 9.40. The molecule has 0 aromatic carbocycles. The number of carbonyl (C=O) groups excluding carboxylic acids is 1. The van der Waals surface area contributed by atoms with Crippen molar-refractivity contribution in [3.8, 4) is 12.1 Å². The van der Waals surface area contributed by atoms with E-state index in [0.717, 1.165) is 0 Å². The van der Waals surface area contributed by atoms with Gasteiger partial charge in [-0.25, -0.2) is 0 Å². The fourth-order valence-corrected chi connectivity index (χ4v) is 0.436. The van der Waals surface area contributed by atoms with E-state index in [9.17, 15) is 4.79 Å². The number of hydrogen-bond acceptors (Lipinski definition) is 4. The summed E-state index contributed by atoms with van der Waals surface area (Å²) in [6, 6.07) is 3.30. The third kappa shape index (κ3) is 4.08. The highest BCUT2D eigenvalue weighted by molar-refractivity contribution is 5.68. The van der Waals surface area contributed by atoms with Crippen LogP contribution in [0.4, 0.5) is 0 Å². The molecule has 4 heteroatoms. The molecule has 0 saturated carbocycles. The van der Waals surface area contributed by atoms with Crippen LogP contribution in [0.2, 0.25) is 0 Å². The Morgan fingerprint density at radius 3 is 2.50 bits per heavy atom. The molecule has 0 spiro atoms. The summed E-state index contributed by atoms with van der Waals surface area (Å²) in [5, 5.41) is 16.5. The minimum Gasteiger partial charge on any atom is -0.461 e. The predicted molar refractivity (Wildman–Crippen MR) is 40.6 cm³/mol. The lowest BCUT2D eigenvalue weighted by Gasteiger charge is -1.96. The maximum Gasteiger partial charge on any atom is 0.305 e. The van der Waals surface area contributed by atoms with Gasteiger partial charge in [0.05, 0.1) is 0 Å². The van der Waals surface area contributed by atoms with E-state index in [1.165, 1.54) is 6.08 Å². The Morgan fingerprint density at radius 1 is 1.50 bits per heavy atom. The lowest BCUT2D eigenvalue weighted by Crippen LogP contribution is -2.02. The largest absolute Gasteiger partial charge is 0.461 e. The first-order valence-electron chi connectivity index (χ1n) is 3.40. The van der Waals surface area contributed by atoms with Gasteiger partial charge in [-0.1, -0.05) is 6.92 Å². The van der Waals surface area contributed by atoms with Crippen LogP contribution >= 0.6 is 0 Å². The highest BCUT2D eigenvalue weighted by atomic mass is 16.5. The highest BCUT2D eigenvalue weighted by Gasteiger charge is 1.96. The summed E-state index contributed by atoms with van der Waals surface area (Å²) in [5.41, 5.74) is -0.0427.